The van der Waals surface area contributed by atoms with E-state index in [0.29, 0.717) is 11.3 Å². The van der Waals surface area contributed by atoms with E-state index >= 15 is 0 Å². The molecule has 1 aromatic heterocycles. The maximum Gasteiger partial charge on any atom is 0.300 e. The van der Waals surface area contributed by atoms with E-state index in [1.165, 1.54) is 0 Å². The average Bonchev–Trinajstić information content (AvgIpc) is 2.68. The molecule has 0 radical (unpaired) electrons. The van der Waals surface area contributed by atoms with Crippen LogP contribution in [0.5, 0.6) is 0 Å². The van der Waals surface area contributed by atoms with Gasteiger partial charge >= 0.3 is 0 Å². The van der Waals surface area contributed by atoms with E-state index in [4.69, 9.17) is 16.9 Å². The molecule has 1 rings (SSSR count). The monoisotopic (exact) mass is 309 g/mol. The van der Waals surface area contributed by atoms with Crippen molar-refractivity contribution in [2.24, 2.45) is 0 Å². The molecule has 0 N–H and O–H groups in total. The Morgan fingerprint density at radius 3 is 2.67 bits per heavy atom. The minimum atomic E-state index is -3.91. The van der Waals surface area contributed by atoms with Gasteiger partial charge in [0.2, 0.25) is 0 Å². The lowest BCUT2D eigenvalue weighted by atomic mass is 10.6. The number of sulfonamides is 1. The second-order valence-electron chi connectivity index (χ2n) is 3.07. The summed E-state index contributed by atoms with van der Waals surface area (Å²) < 4.78 is 24.6. The number of nitro groups is 1. The molecule has 0 spiro atoms. The zero-order valence-corrected chi connectivity index (χ0v) is 11.5. The number of hydrogen-bond donors (Lipinski definition) is 0. The van der Waals surface area contributed by atoms with Crippen molar-refractivity contribution in [1.29, 1.82) is 5.26 Å². The van der Waals surface area contributed by atoms with E-state index < -0.39 is 20.6 Å². The Labute approximate surface area is 112 Å². The van der Waals surface area contributed by atoms with Crippen LogP contribution in [0.15, 0.2) is 10.3 Å². The van der Waals surface area contributed by atoms with E-state index in [2.05, 4.69) is 0 Å². The first-order valence-electron chi connectivity index (χ1n) is 4.65. The molecule has 0 saturated carbocycles. The van der Waals surface area contributed by atoms with Crippen molar-refractivity contribution in [3.63, 3.8) is 0 Å². The Morgan fingerprint density at radius 1 is 1.67 bits per heavy atom. The lowest BCUT2D eigenvalue weighted by Crippen LogP contribution is -2.30. The van der Waals surface area contributed by atoms with E-state index in [1.54, 1.807) is 13.0 Å². The second-order valence-corrected chi connectivity index (χ2v) is 6.89. The predicted octanol–water partition coefficient (Wildman–Crippen LogP) is 1.84. The van der Waals surface area contributed by atoms with Crippen molar-refractivity contribution in [2.75, 3.05) is 13.1 Å². The summed E-state index contributed by atoms with van der Waals surface area (Å²) in [4.78, 5) is 9.84. The zero-order chi connectivity index (χ0) is 13.9. The second kappa shape index (κ2) is 5.62. The summed E-state index contributed by atoms with van der Waals surface area (Å²) in [5.74, 6) is 0. The molecule has 18 heavy (non-hydrogen) atoms. The molecule has 98 valence electrons. The molecule has 0 aliphatic heterocycles. The molecule has 0 saturated heterocycles. The third kappa shape index (κ3) is 2.78. The van der Waals surface area contributed by atoms with E-state index in [0.717, 1.165) is 10.4 Å². The van der Waals surface area contributed by atoms with Gasteiger partial charge in [0, 0.05) is 12.6 Å². The SMILES string of the molecule is CCN(CC#N)S(=O)(=O)c1cc([N+](=O)[O-])c(Cl)s1. The van der Waals surface area contributed by atoms with Crippen LogP contribution in [0, 0.1) is 21.4 Å². The van der Waals surface area contributed by atoms with Gasteiger partial charge in [-0.1, -0.05) is 18.5 Å². The first-order chi connectivity index (χ1) is 8.34. The minimum Gasteiger partial charge on any atom is -0.258 e. The van der Waals surface area contributed by atoms with Crippen LogP contribution < -0.4 is 0 Å². The third-order valence-electron chi connectivity index (χ3n) is 2.04. The zero-order valence-electron chi connectivity index (χ0n) is 9.16. The molecule has 1 heterocycles. The number of nitrogens with zero attached hydrogens (tertiary/aromatic N) is 3. The summed E-state index contributed by atoms with van der Waals surface area (Å²) in [5, 5.41) is 19.1. The Hall–Kier alpha value is -1.21. The summed E-state index contributed by atoms with van der Waals surface area (Å²) in [7, 11) is -3.91. The number of nitriles is 1. The van der Waals surface area contributed by atoms with Crippen LogP contribution in [0.25, 0.3) is 0 Å². The van der Waals surface area contributed by atoms with Crippen LogP contribution in [-0.4, -0.2) is 30.7 Å². The highest BCUT2D eigenvalue weighted by Crippen LogP contribution is 2.37. The van der Waals surface area contributed by atoms with Crippen molar-refractivity contribution in [1.82, 2.24) is 4.31 Å². The lowest BCUT2D eigenvalue weighted by Gasteiger charge is -2.15. The fourth-order valence-electron chi connectivity index (χ4n) is 1.16. The first kappa shape index (κ1) is 14.8. The van der Waals surface area contributed by atoms with Crippen molar-refractivity contribution in [3.05, 3.63) is 20.5 Å². The quantitative estimate of drug-likeness (QED) is 0.469. The number of thiophene rings is 1. The maximum absolute atomic E-state index is 12.0. The third-order valence-corrected chi connectivity index (χ3v) is 5.74. The Kier molecular flexibility index (Phi) is 4.64. The standard InChI is InChI=1S/C8H8ClN3O4S2/c1-2-11(4-3-10)18(15,16)7-5-6(12(13)14)8(9)17-7/h5H,2,4H2,1H3. The smallest absolute Gasteiger partial charge is 0.258 e. The molecule has 0 aromatic carbocycles. The van der Waals surface area contributed by atoms with Gasteiger partial charge in [0.1, 0.15) is 10.8 Å². The molecule has 0 fully saturated rings. The highest BCUT2D eigenvalue weighted by atomic mass is 35.5. The van der Waals surface area contributed by atoms with Crippen molar-refractivity contribution in [3.8, 4) is 6.07 Å². The van der Waals surface area contributed by atoms with Crippen molar-refractivity contribution < 1.29 is 13.3 Å². The normalized spacial score (nSPS) is 11.4. The maximum atomic E-state index is 12.0. The topological polar surface area (TPSA) is 104 Å². The minimum absolute atomic E-state index is 0.0964. The van der Waals surface area contributed by atoms with E-state index in [1.807, 2.05) is 0 Å². The van der Waals surface area contributed by atoms with Gasteiger partial charge in [-0.2, -0.15) is 9.57 Å². The van der Waals surface area contributed by atoms with Crippen LogP contribution in [0.2, 0.25) is 4.34 Å². The Bertz CT molecular complexity index is 604. The van der Waals surface area contributed by atoms with Crippen molar-refractivity contribution in [2.45, 2.75) is 11.1 Å². The first-order valence-corrected chi connectivity index (χ1v) is 7.28. The van der Waals surface area contributed by atoms with Crippen LogP contribution in [0.3, 0.4) is 0 Å². The molecule has 0 aliphatic rings. The largest absolute Gasteiger partial charge is 0.300 e. The highest BCUT2D eigenvalue weighted by Gasteiger charge is 2.29. The summed E-state index contributed by atoms with van der Waals surface area (Å²) >= 11 is 6.20. The van der Waals surface area contributed by atoms with Crippen LogP contribution >= 0.6 is 22.9 Å². The number of halogens is 1. The van der Waals surface area contributed by atoms with E-state index in [-0.39, 0.29) is 21.6 Å². The summed E-state index contributed by atoms with van der Waals surface area (Å²) in [6.07, 6.45) is 0. The molecule has 0 unspecified atom stereocenters. The molecule has 0 atom stereocenters. The Balaban J connectivity index is 3.25. The van der Waals surface area contributed by atoms with Gasteiger partial charge in [-0.05, 0) is 0 Å². The van der Waals surface area contributed by atoms with E-state index in [9.17, 15) is 18.5 Å². The fraction of sp³-hybridized carbons (Fsp3) is 0.375. The van der Waals surface area contributed by atoms with Crippen molar-refractivity contribution >= 4 is 38.6 Å². The molecule has 0 amide bonds. The molecule has 10 heteroatoms. The summed E-state index contributed by atoms with van der Waals surface area (Å²) in [5.41, 5.74) is -0.451. The summed E-state index contributed by atoms with van der Waals surface area (Å²) in [6, 6.07) is 2.63. The molecule has 0 bridgehead atoms. The van der Waals surface area contributed by atoms with Gasteiger partial charge in [-0.3, -0.25) is 10.1 Å². The highest BCUT2D eigenvalue weighted by molar-refractivity contribution is 7.91. The average molecular weight is 310 g/mol. The summed E-state index contributed by atoms with van der Waals surface area (Å²) in [6.45, 7) is 1.35. The lowest BCUT2D eigenvalue weighted by molar-refractivity contribution is -0.384. The van der Waals surface area contributed by atoms with Gasteiger partial charge in [-0.25, -0.2) is 8.42 Å². The van der Waals surface area contributed by atoms with Gasteiger partial charge in [0.25, 0.3) is 15.7 Å². The van der Waals surface area contributed by atoms with Gasteiger partial charge in [0.15, 0.2) is 4.34 Å². The molecule has 1 aromatic rings. The van der Waals surface area contributed by atoms with Crippen LogP contribution in [0.4, 0.5) is 5.69 Å². The predicted molar refractivity (Wildman–Crippen MR) is 66.0 cm³/mol. The van der Waals surface area contributed by atoms with Gasteiger partial charge in [0.05, 0.1) is 11.0 Å². The van der Waals surface area contributed by atoms with Crippen LogP contribution in [-0.2, 0) is 10.0 Å². The van der Waals surface area contributed by atoms with Gasteiger partial charge < -0.3 is 0 Å². The number of rotatable bonds is 5. The Morgan fingerprint density at radius 2 is 2.28 bits per heavy atom. The number of hydrogen-bond acceptors (Lipinski definition) is 6. The molecule has 7 nitrogen and oxygen atoms in total. The molecular formula is C8H8ClN3O4S2. The van der Waals surface area contributed by atoms with Gasteiger partial charge in [-0.15, -0.1) is 11.3 Å². The van der Waals surface area contributed by atoms with Crippen LogP contribution in [0.1, 0.15) is 6.92 Å². The fourth-order valence-corrected chi connectivity index (χ4v) is 4.33. The molecule has 0 aliphatic carbocycles. The molecular weight excluding hydrogens is 302 g/mol.